The van der Waals surface area contributed by atoms with Crippen LogP contribution in [-0.4, -0.2) is 22.0 Å². The van der Waals surface area contributed by atoms with Gasteiger partial charge < -0.3 is 14.8 Å². The van der Waals surface area contributed by atoms with Gasteiger partial charge >= 0.3 is 6.03 Å². The Morgan fingerprint density at radius 2 is 1.90 bits per heavy atom. The Morgan fingerprint density at radius 3 is 2.65 bits per heavy atom. The zero-order chi connectivity index (χ0) is 22.2. The van der Waals surface area contributed by atoms with Crippen molar-refractivity contribution in [2.45, 2.75) is 46.2 Å². The van der Waals surface area contributed by atoms with Crippen molar-refractivity contribution < 1.29 is 13.6 Å². The van der Waals surface area contributed by atoms with E-state index in [0.29, 0.717) is 19.6 Å². The molecule has 0 saturated heterocycles. The molecule has 6 heteroatoms. The van der Waals surface area contributed by atoms with Crippen LogP contribution < -0.4 is 5.32 Å². The molecule has 31 heavy (non-hydrogen) atoms. The molecule has 0 aliphatic carbocycles. The fourth-order valence-electron chi connectivity index (χ4n) is 3.54. The molecule has 3 rings (SSSR count). The molecule has 4 nitrogen and oxygen atoms in total. The quantitative estimate of drug-likeness (QED) is 0.399. The SMILES string of the molecule is CCCCCN(Cc1cccn1Cc1cccc(C)c1)C(=O)Nc1ccc(F)cc1F. The van der Waals surface area contributed by atoms with Crippen LogP contribution in [0.15, 0.2) is 60.8 Å². The zero-order valence-corrected chi connectivity index (χ0v) is 18.1. The smallest absolute Gasteiger partial charge is 0.322 e. The summed E-state index contributed by atoms with van der Waals surface area (Å²) in [7, 11) is 0. The number of carbonyl (C=O) groups is 1. The van der Waals surface area contributed by atoms with Gasteiger partial charge in [-0.2, -0.15) is 0 Å². The number of urea groups is 1. The molecule has 0 spiro atoms. The maximum absolute atomic E-state index is 14.0. The largest absolute Gasteiger partial charge is 0.345 e. The Kier molecular flexibility index (Phi) is 7.82. The summed E-state index contributed by atoms with van der Waals surface area (Å²) in [5.41, 5.74) is 3.36. The van der Waals surface area contributed by atoms with Crippen molar-refractivity contribution in [2.75, 3.05) is 11.9 Å². The van der Waals surface area contributed by atoms with Gasteiger partial charge in [-0.05, 0) is 43.2 Å². The van der Waals surface area contributed by atoms with Gasteiger partial charge in [-0.25, -0.2) is 13.6 Å². The Hall–Kier alpha value is -3.15. The first-order valence-electron chi connectivity index (χ1n) is 10.7. The van der Waals surface area contributed by atoms with Crippen molar-refractivity contribution >= 4 is 11.7 Å². The van der Waals surface area contributed by atoms with Crippen molar-refractivity contribution in [3.63, 3.8) is 0 Å². The van der Waals surface area contributed by atoms with Crippen molar-refractivity contribution in [1.82, 2.24) is 9.47 Å². The van der Waals surface area contributed by atoms with Crippen LogP contribution in [0.3, 0.4) is 0 Å². The third-order valence-corrected chi connectivity index (χ3v) is 5.20. The third-order valence-electron chi connectivity index (χ3n) is 5.20. The van der Waals surface area contributed by atoms with Crippen LogP contribution in [0.2, 0.25) is 0 Å². The summed E-state index contributed by atoms with van der Waals surface area (Å²) >= 11 is 0. The molecular formula is C25H29F2N3O. The third kappa shape index (κ3) is 6.41. The summed E-state index contributed by atoms with van der Waals surface area (Å²) in [6, 6.07) is 15.0. The van der Waals surface area contributed by atoms with Crippen molar-refractivity contribution in [3.05, 3.63) is 89.2 Å². The molecule has 0 aliphatic rings. The van der Waals surface area contributed by atoms with E-state index >= 15 is 0 Å². The van der Waals surface area contributed by atoms with Crippen molar-refractivity contribution in [2.24, 2.45) is 0 Å². The molecular weight excluding hydrogens is 396 g/mol. The number of carbonyl (C=O) groups excluding carboxylic acids is 1. The molecule has 0 fully saturated rings. The lowest BCUT2D eigenvalue weighted by Crippen LogP contribution is -2.36. The maximum Gasteiger partial charge on any atom is 0.322 e. The summed E-state index contributed by atoms with van der Waals surface area (Å²) in [4.78, 5) is 14.6. The van der Waals surface area contributed by atoms with Crippen LogP contribution in [0.5, 0.6) is 0 Å². The number of rotatable bonds is 9. The normalized spacial score (nSPS) is 10.8. The molecule has 0 aliphatic heterocycles. The molecule has 0 atom stereocenters. The Morgan fingerprint density at radius 1 is 1.06 bits per heavy atom. The highest BCUT2D eigenvalue weighted by atomic mass is 19.1. The van der Waals surface area contributed by atoms with Gasteiger partial charge in [0.05, 0.1) is 12.2 Å². The van der Waals surface area contributed by atoms with E-state index in [9.17, 15) is 13.6 Å². The van der Waals surface area contributed by atoms with Gasteiger partial charge in [0.15, 0.2) is 0 Å². The molecule has 0 radical (unpaired) electrons. The van der Waals surface area contributed by atoms with E-state index in [2.05, 4.69) is 41.9 Å². The summed E-state index contributed by atoms with van der Waals surface area (Å²) < 4.78 is 29.3. The van der Waals surface area contributed by atoms with E-state index in [4.69, 9.17) is 0 Å². The van der Waals surface area contributed by atoms with Crippen LogP contribution in [0.4, 0.5) is 19.3 Å². The highest BCUT2D eigenvalue weighted by molar-refractivity contribution is 5.89. The van der Waals surface area contributed by atoms with Crippen molar-refractivity contribution in [3.8, 4) is 0 Å². The zero-order valence-electron chi connectivity index (χ0n) is 18.1. The molecule has 0 unspecified atom stereocenters. The summed E-state index contributed by atoms with van der Waals surface area (Å²) in [5.74, 6) is -1.46. The summed E-state index contributed by atoms with van der Waals surface area (Å²) in [6.45, 7) is 5.83. The first kappa shape index (κ1) is 22.5. The lowest BCUT2D eigenvalue weighted by Gasteiger charge is -2.24. The number of amides is 2. The number of halogens is 2. The molecule has 2 amide bonds. The topological polar surface area (TPSA) is 37.3 Å². The van der Waals surface area contributed by atoms with Crippen LogP contribution in [-0.2, 0) is 13.1 Å². The number of benzene rings is 2. The number of anilines is 1. The van der Waals surface area contributed by atoms with E-state index in [1.54, 1.807) is 4.90 Å². The first-order chi connectivity index (χ1) is 15.0. The molecule has 3 aromatic rings. The van der Waals surface area contributed by atoms with Crippen LogP contribution >= 0.6 is 0 Å². The number of hydrogen-bond acceptors (Lipinski definition) is 1. The Bertz CT molecular complexity index is 1020. The number of aromatic nitrogens is 1. The number of aryl methyl sites for hydroxylation is 1. The van der Waals surface area contributed by atoms with Gasteiger partial charge in [0.25, 0.3) is 0 Å². The average Bonchev–Trinajstić information content (AvgIpc) is 3.16. The second-order valence-corrected chi connectivity index (χ2v) is 7.80. The monoisotopic (exact) mass is 425 g/mol. The van der Waals surface area contributed by atoms with E-state index in [1.165, 1.54) is 17.2 Å². The van der Waals surface area contributed by atoms with Crippen LogP contribution in [0.1, 0.15) is 43.0 Å². The lowest BCUT2D eigenvalue weighted by atomic mass is 10.1. The van der Waals surface area contributed by atoms with Gasteiger partial charge in [-0.3, -0.25) is 0 Å². The van der Waals surface area contributed by atoms with Gasteiger partial charge in [-0.1, -0.05) is 49.6 Å². The first-order valence-corrected chi connectivity index (χ1v) is 10.7. The van der Waals surface area contributed by atoms with Gasteiger partial charge in [-0.15, -0.1) is 0 Å². The van der Waals surface area contributed by atoms with Crippen LogP contribution in [0, 0.1) is 18.6 Å². The standard InChI is InChI=1S/C25H29F2N3O/c1-3-4-5-13-30(25(31)28-24-12-11-21(26)16-23(24)27)18-22-10-7-14-29(22)17-20-9-6-8-19(2)15-20/h6-12,14-16H,3-5,13,17-18H2,1-2H3,(H,28,31). The minimum absolute atomic E-state index is 0.0259. The molecule has 164 valence electrons. The maximum atomic E-state index is 14.0. The lowest BCUT2D eigenvalue weighted by molar-refractivity contribution is 0.206. The van der Waals surface area contributed by atoms with Crippen LogP contribution in [0.25, 0.3) is 0 Å². The molecule has 2 aromatic carbocycles. The highest BCUT2D eigenvalue weighted by Crippen LogP contribution is 2.18. The number of hydrogen-bond donors (Lipinski definition) is 1. The predicted molar refractivity (Wildman–Crippen MR) is 120 cm³/mol. The Labute approximate surface area is 182 Å². The molecule has 0 saturated carbocycles. The molecule has 1 N–H and O–H groups in total. The highest BCUT2D eigenvalue weighted by Gasteiger charge is 2.17. The average molecular weight is 426 g/mol. The van der Waals surface area contributed by atoms with Crippen molar-refractivity contribution in [1.29, 1.82) is 0 Å². The fraction of sp³-hybridized carbons (Fsp3) is 0.320. The minimum Gasteiger partial charge on any atom is -0.345 e. The van der Waals surface area contributed by atoms with E-state index in [0.717, 1.165) is 37.1 Å². The number of nitrogens with zero attached hydrogens (tertiary/aromatic N) is 2. The fourth-order valence-corrected chi connectivity index (χ4v) is 3.54. The number of unbranched alkanes of at least 4 members (excludes halogenated alkanes) is 2. The second-order valence-electron chi connectivity index (χ2n) is 7.80. The molecule has 1 heterocycles. The van der Waals surface area contributed by atoms with E-state index < -0.39 is 17.7 Å². The van der Waals surface area contributed by atoms with E-state index in [-0.39, 0.29) is 5.69 Å². The van der Waals surface area contributed by atoms with Gasteiger partial charge in [0.2, 0.25) is 0 Å². The predicted octanol–water partition coefficient (Wildman–Crippen LogP) is 6.35. The van der Waals surface area contributed by atoms with Gasteiger partial charge in [0, 0.05) is 31.0 Å². The number of nitrogens with one attached hydrogen (secondary N) is 1. The summed E-state index contributed by atoms with van der Waals surface area (Å²) in [5, 5.41) is 2.59. The Balaban J connectivity index is 1.75. The molecule has 0 bridgehead atoms. The summed E-state index contributed by atoms with van der Waals surface area (Å²) in [6.07, 6.45) is 4.89. The molecule has 1 aromatic heterocycles. The van der Waals surface area contributed by atoms with Gasteiger partial charge in [0.1, 0.15) is 11.6 Å². The minimum atomic E-state index is -0.787. The second kappa shape index (κ2) is 10.8. The van der Waals surface area contributed by atoms with E-state index in [1.807, 2.05) is 24.4 Å².